The van der Waals surface area contributed by atoms with Crippen molar-refractivity contribution in [1.82, 2.24) is 20.1 Å². The first-order valence-electron chi connectivity index (χ1n) is 10.2. The number of nitrogens with one attached hydrogen (secondary N) is 2. The van der Waals surface area contributed by atoms with E-state index < -0.39 is 11.7 Å². The Balaban J connectivity index is 1.63. The second kappa shape index (κ2) is 10.4. The van der Waals surface area contributed by atoms with E-state index >= 15 is 0 Å². The predicted molar refractivity (Wildman–Crippen MR) is 123 cm³/mol. The number of halogens is 1. The topological polar surface area (TPSA) is 88.9 Å². The van der Waals surface area contributed by atoms with Gasteiger partial charge in [-0.05, 0) is 55.7 Å². The van der Waals surface area contributed by atoms with Crippen LogP contribution in [0.3, 0.4) is 0 Å². The number of carbonyl (C=O) groups excluding carboxylic acids is 2. The van der Waals surface area contributed by atoms with Crippen LogP contribution in [-0.2, 0) is 18.4 Å². The third-order valence-corrected chi connectivity index (χ3v) is 6.25. The number of hydrogen-bond acceptors (Lipinski definition) is 5. The molecule has 7 nitrogen and oxygen atoms in total. The Morgan fingerprint density at radius 2 is 1.81 bits per heavy atom. The van der Waals surface area contributed by atoms with Crippen molar-refractivity contribution in [3.63, 3.8) is 0 Å². The third kappa shape index (κ3) is 5.73. The molecule has 0 saturated carbocycles. The van der Waals surface area contributed by atoms with Crippen LogP contribution in [0.2, 0.25) is 0 Å². The molecule has 9 heteroatoms. The highest BCUT2D eigenvalue weighted by atomic mass is 32.2. The van der Waals surface area contributed by atoms with Crippen LogP contribution in [0.4, 0.5) is 10.1 Å². The van der Waals surface area contributed by atoms with Crippen molar-refractivity contribution in [1.29, 1.82) is 0 Å². The molecule has 2 aromatic carbocycles. The molecular formula is C23H26FN5O2S. The highest BCUT2D eigenvalue weighted by Gasteiger charge is 2.22. The second-order valence-corrected chi connectivity index (χ2v) is 8.67. The lowest BCUT2D eigenvalue weighted by Gasteiger charge is -2.15. The molecule has 0 bridgehead atoms. The van der Waals surface area contributed by atoms with Gasteiger partial charge in [-0.15, -0.1) is 10.2 Å². The third-order valence-electron chi connectivity index (χ3n) is 4.85. The molecule has 32 heavy (non-hydrogen) atoms. The van der Waals surface area contributed by atoms with E-state index in [1.165, 1.54) is 30.0 Å². The van der Waals surface area contributed by atoms with E-state index in [-0.39, 0.29) is 23.3 Å². The molecule has 0 unspecified atom stereocenters. The maximum Gasteiger partial charge on any atom is 0.254 e. The molecule has 0 spiro atoms. The summed E-state index contributed by atoms with van der Waals surface area (Å²) in [6, 6.07) is 11.7. The number of benzene rings is 2. The molecular weight excluding hydrogens is 429 g/mol. The molecule has 0 fully saturated rings. The number of thioether (sulfide) groups is 1. The number of rotatable bonds is 8. The van der Waals surface area contributed by atoms with Gasteiger partial charge in [0.1, 0.15) is 5.82 Å². The van der Waals surface area contributed by atoms with Gasteiger partial charge in [0, 0.05) is 12.7 Å². The van der Waals surface area contributed by atoms with E-state index in [0.717, 1.165) is 16.8 Å². The zero-order chi connectivity index (χ0) is 23.3. The molecule has 1 aromatic heterocycles. The molecule has 168 valence electrons. The number of aryl methyl sites for hydroxylation is 2. The van der Waals surface area contributed by atoms with Crippen molar-refractivity contribution in [2.24, 2.45) is 7.05 Å². The van der Waals surface area contributed by atoms with E-state index in [1.54, 1.807) is 17.7 Å². The molecule has 2 amide bonds. The second-order valence-electron chi connectivity index (χ2n) is 7.50. The van der Waals surface area contributed by atoms with Gasteiger partial charge in [-0.1, -0.05) is 36.9 Å². The SMILES string of the molecule is CC[C@H](Sc1nnc(CNC(=O)c2ccccc2F)n1C)C(=O)Nc1cc(C)cc(C)c1. The van der Waals surface area contributed by atoms with Crippen LogP contribution < -0.4 is 10.6 Å². The van der Waals surface area contributed by atoms with Gasteiger partial charge in [0.15, 0.2) is 11.0 Å². The molecule has 0 saturated heterocycles. The Morgan fingerprint density at radius 3 is 2.47 bits per heavy atom. The van der Waals surface area contributed by atoms with Crippen LogP contribution in [0.25, 0.3) is 0 Å². The first-order chi connectivity index (χ1) is 15.3. The minimum atomic E-state index is -0.584. The molecule has 0 aliphatic rings. The monoisotopic (exact) mass is 455 g/mol. The van der Waals surface area contributed by atoms with E-state index in [4.69, 9.17) is 0 Å². The molecule has 1 atom stereocenters. The van der Waals surface area contributed by atoms with Crippen LogP contribution in [-0.4, -0.2) is 31.8 Å². The maximum atomic E-state index is 13.8. The predicted octanol–water partition coefficient (Wildman–Crippen LogP) is 4.01. The summed E-state index contributed by atoms with van der Waals surface area (Å²) < 4.78 is 15.5. The highest BCUT2D eigenvalue weighted by Crippen LogP contribution is 2.25. The summed E-state index contributed by atoms with van der Waals surface area (Å²) in [5.74, 6) is -0.721. The molecule has 0 aliphatic heterocycles. The lowest BCUT2D eigenvalue weighted by Crippen LogP contribution is -2.26. The van der Waals surface area contributed by atoms with E-state index in [9.17, 15) is 14.0 Å². The summed E-state index contributed by atoms with van der Waals surface area (Å²) in [4.78, 5) is 25.0. The van der Waals surface area contributed by atoms with Crippen molar-refractivity contribution in [2.45, 2.75) is 44.1 Å². The van der Waals surface area contributed by atoms with Gasteiger partial charge < -0.3 is 15.2 Å². The average Bonchev–Trinajstić information content (AvgIpc) is 3.09. The number of carbonyl (C=O) groups is 2. The van der Waals surface area contributed by atoms with E-state index in [1.807, 2.05) is 39.0 Å². The molecule has 1 heterocycles. The fourth-order valence-corrected chi connectivity index (χ4v) is 4.16. The fraction of sp³-hybridized carbons (Fsp3) is 0.304. The molecule has 3 rings (SSSR count). The molecule has 0 aliphatic carbocycles. The Kier molecular flexibility index (Phi) is 7.63. The van der Waals surface area contributed by atoms with Crippen LogP contribution in [0.15, 0.2) is 47.6 Å². The van der Waals surface area contributed by atoms with Gasteiger partial charge in [-0.2, -0.15) is 0 Å². The zero-order valence-electron chi connectivity index (χ0n) is 18.5. The van der Waals surface area contributed by atoms with Crippen molar-refractivity contribution < 1.29 is 14.0 Å². The van der Waals surface area contributed by atoms with E-state index in [0.29, 0.717) is 17.4 Å². The quantitative estimate of drug-likeness (QED) is 0.501. The summed E-state index contributed by atoms with van der Waals surface area (Å²) in [6.45, 7) is 5.99. The van der Waals surface area contributed by atoms with Crippen molar-refractivity contribution in [3.8, 4) is 0 Å². The normalized spacial score (nSPS) is 11.8. The van der Waals surface area contributed by atoms with Gasteiger partial charge in [0.2, 0.25) is 5.91 Å². The first kappa shape index (κ1) is 23.5. The number of amides is 2. The summed E-state index contributed by atoms with van der Waals surface area (Å²) in [7, 11) is 1.77. The van der Waals surface area contributed by atoms with Crippen molar-refractivity contribution in [2.75, 3.05) is 5.32 Å². The number of aromatic nitrogens is 3. The van der Waals surface area contributed by atoms with Crippen LogP contribution in [0, 0.1) is 19.7 Å². The maximum absolute atomic E-state index is 13.8. The zero-order valence-corrected chi connectivity index (χ0v) is 19.3. The summed E-state index contributed by atoms with van der Waals surface area (Å²) >= 11 is 1.31. The molecule has 3 aromatic rings. The van der Waals surface area contributed by atoms with Crippen molar-refractivity contribution in [3.05, 3.63) is 70.8 Å². The smallest absolute Gasteiger partial charge is 0.254 e. The Morgan fingerprint density at radius 1 is 1.12 bits per heavy atom. The Bertz CT molecular complexity index is 1110. The van der Waals surface area contributed by atoms with Crippen LogP contribution in [0.5, 0.6) is 0 Å². The van der Waals surface area contributed by atoms with Crippen LogP contribution in [0.1, 0.15) is 40.7 Å². The van der Waals surface area contributed by atoms with Gasteiger partial charge in [0.05, 0.1) is 17.4 Å². The van der Waals surface area contributed by atoms with Crippen molar-refractivity contribution >= 4 is 29.3 Å². The minimum absolute atomic E-state index is 0.0293. The minimum Gasteiger partial charge on any atom is -0.345 e. The van der Waals surface area contributed by atoms with Gasteiger partial charge in [-0.3, -0.25) is 9.59 Å². The number of anilines is 1. The summed E-state index contributed by atoms with van der Waals surface area (Å²) in [5, 5.41) is 14.1. The van der Waals surface area contributed by atoms with Gasteiger partial charge in [-0.25, -0.2) is 4.39 Å². The lowest BCUT2D eigenvalue weighted by atomic mass is 10.1. The van der Waals surface area contributed by atoms with Gasteiger partial charge >= 0.3 is 0 Å². The Labute approximate surface area is 190 Å². The number of hydrogen-bond donors (Lipinski definition) is 2. The summed E-state index contributed by atoms with van der Waals surface area (Å²) in [5.41, 5.74) is 2.90. The molecule has 0 radical (unpaired) electrons. The number of nitrogens with zero attached hydrogens (tertiary/aromatic N) is 3. The first-order valence-corrected chi connectivity index (χ1v) is 11.1. The fourth-order valence-electron chi connectivity index (χ4n) is 3.22. The van der Waals surface area contributed by atoms with E-state index in [2.05, 4.69) is 20.8 Å². The lowest BCUT2D eigenvalue weighted by molar-refractivity contribution is -0.115. The average molecular weight is 456 g/mol. The van der Waals surface area contributed by atoms with Gasteiger partial charge in [0.25, 0.3) is 5.91 Å². The van der Waals surface area contributed by atoms with Crippen LogP contribution >= 0.6 is 11.8 Å². The Hall–Kier alpha value is -3.20. The largest absolute Gasteiger partial charge is 0.345 e. The standard InChI is InChI=1S/C23H26FN5O2S/c1-5-19(22(31)26-16-11-14(2)10-15(3)12-16)32-23-28-27-20(29(23)4)13-25-21(30)17-8-6-7-9-18(17)24/h6-12,19H,5,13H2,1-4H3,(H,25,30)(H,26,31)/t19-/m0/s1. The summed E-state index contributed by atoms with van der Waals surface area (Å²) in [6.07, 6.45) is 0.605. The molecule has 2 N–H and O–H groups in total. The highest BCUT2D eigenvalue weighted by molar-refractivity contribution is 8.00.